The fourth-order valence-electron chi connectivity index (χ4n) is 1.01. The number of phenolic OH excluding ortho intramolecular Hbond substituents is 1. The highest BCUT2D eigenvalue weighted by molar-refractivity contribution is 7.90. The Morgan fingerprint density at radius 1 is 1.31 bits per heavy atom. The molecule has 0 aliphatic heterocycles. The van der Waals surface area contributed by atoms with Crippen LogP contribution in [0.4, 0.5) is 5.69 Å². The fraction of sp³-hybridized carbons (Fsp3) is 0.250. The van der Waals surface area contributed by atoms with E-state index in [1.54, 1.807) is 6.92 Å². The van der Waals surface area contributed by atoms with E-state index in [-0.39, 0.29) is 28.0 Å². The molecule has 1 rings (SSSR count). The molecule has 0 fully saturated rings. The first-order valence-corrected chi connectivity index (χ1v) is 6.55. The van der Waals surface area contributed by atoms with Gasteiger partial charge in [-0.15, -0.1) is 0 Å². The molecule has 0 aromatic heterocycles. The van der Waals surface area contributed by atoms with Gasteiger partial charge in [-0.2, -0.15) is 13.1 Å². The second-order valence-electron chi connectivity index (χ2n) is 2.89. The predicted molar refractivity (Wildman–Crippen MR) is 64.3 cm³/mol. The van der Waals surface area contributed by atoms with Crippen molar-refractivity contribution in [2.45, 2.75) is 6.92 Å². The quantitative estimate of drug-likeness (QED) is 0.740. The first-order chi connectivity index (χ1) is 7.35. The number of phenols is 1. The van der Waals surface area contributed by atoms with Crippen molar-refractivity contribution in [3.8, 4) is 5.75 Å². The molecule has 5 nitrogen and oxygen atoms in total. The zero-order valence-corrected chi connectivity index (χ0v) is 10.6. The third kappa shape index (κ3) is 3.41. The van der Waals surface area contributed by atoms with Crippen molar-refractivity contribution >= 4 is 39.1 Å². The minimum Gasteiger partial charge on any atom is -0.505 e. The van der Waals surface area contributed by atoms with Gasteiger partial charge in [0.1, 0.15) is 0 Å². The predicted octanol–water partition coefficient (Wildman–Crippen LogP) is 1.97. The first-order valence-electron chi connectivity index (χ1n) is 4.31. The Bertz CT molecular complexity index is 467. The Hall–Kier alpha value is -0.690. The van der Waals surface area contributed by atoms with E-state index in [0.717, 1.165) is 0 Å². The Labute approximate surface area is 104 Å². The van der Waals surface area contributed by atoms with Crippen molar-refractivity contribution in [3.05, 3.63) is 22.2 Å². The Balaban J connectivity index is 2.99. The van der Waals surface area contributed by atoms with Crippen LogP contribution in [0.5, 0.6) is 5.75 Å². The van der Waals surface area contributed by atoms with Crippen LogP contribution in [0.1, 0.15) is 6.92 Å². The highest BCUT2D eigenvalue weighted by Gasteiger charge is 2.11. The van der Waals surface area contributed by atoms with E-state index in [1.165, 1.54) is 12.1 Å². The molecule has 8 heteroatoms. The average Bonchev–Trinajstić information content (AvgIpc) is 2.13. The van der Waals surface area contributed by atoms with Crippen LogP contribution < -0.4 is 9.44 Å². The van der Waals surface area contributed by atoms with Gasteiger partial charge in [0.25, 0.3) is 10.2 Å². The molecule has 1 aromatic carbocycles. The van der Waals surface area contributed by atoms with Crippen LogP contribution in [0.15, 0.2) is 12.1 Å². The van der Waals surface area contributed by atoms with Crippen molar-refractivity contribution in [2.24, 2.45) is 0 Å². The van der Waals surface area contributed by atoms with Gasteiger partial charge in [0.15, 0.2) is 5.75 Å². The number of benzene rings is 1. The van der Waals surface area contributed by atoms with E-state index in [4.69, 9.17) is 23.2 Å². The van der Waals surface area contributed by atoms with E-state index in [1.807, 2.05) is 0 Å². The van der Waals surface area contributed by atoms with Gasteiger partial charge in [-0.3, -0.25) is 4.72 Å². The van der Waals surface area contributed by atoms with E-state index >= 15 is 0 Å². The minimum atomic E-state index is -3.63. The summed E-state index contributed by atoms with van der Waals surface area (Å²) in [7, 11) is -3.63. The lowest BCUT2D eigenvalue weighted by Crippen LogP contribution is -2.29. The summed E-state index contributed by atoms with van der Waals surface area (Å²) in [5, 5.41) is 9.22. The van der Waals surface area contributed by atoms with Crippen LogP contribution in [-0.2, 0) is 10.2 Å². The molecule has 0 saturated carbocycles. The third-order valence-corrected chi connectivity index (χ3v) is 3.35. The number of hydrogen-bond acceptors (Lipinski definition) is 3. The SMILES string of the molecule is CCNS(=O)(=O)Nc1cc(Cl)c(O)c(Cl)c1. The van der Waals surface area contributed by atoms with Gasteiger partial charge < -0.3 is 5.11 Å². The Morgan fingerprint density at radius 2 is 1.81 bits per heavy atom. The van der Waals surface area contributed by atoms with Crippen molar-refractivity contribution in [1.82, 2.24) is 4.72 Å². The molecule has 0 radical (unpaired) electrons. The van der Waals surface area contributed by atoms with Gasteiger partial charge >= 0.3 is 0 Å². The number of rotatable bonds is 4. The number of halogens is 2. The van der Waals surface area contributed by atoms with Crippen molar-refractivity contribution in [1.29, 1.82) is 0 Å². The smallest absolute Gasteiger partial charge is 0.299 e. The van der Waals surface area contributed by atoms with Crippen LogP contribution >= 0.6 is 23.2 Å². The molecule has 0 bridgehead atoms. The van der Waals surface area contributed by atoms with Crippen molar-refractivity contribution < 1.29 is 13.5 Å². The van der Waals surface area contributed by atoms with Crippen molar-refractivity contribution in [3.63, 3.8) is 0 Å². The van der Waals surface area contributed by atoms with Gasteiger partial charge in [-0.1, -0.05) is 30.1 Å². The summed E-state index contributed by atoms with van der Waals surface area (Å²) in [6, 6.07) is 2.52. The van der Waals surface area contributed by atoms with Crippen LogP contribution in [-0.4, -0.2) is 20.1 Å². The maximum Gasteiger partial charge on any atom is 0.299 e. The van der Waals surface area contributed by atoms with E-state index in [9.17, 15) is 13.5 Å². The molecule has 0 aliphatic carbocycles. The van der Waals surface area contributed by atoms with Crippen LogP contribution in [0, 0.1) is 0 Å². The molecule has 1 aromatic rings. The largest absolute Gasteiger partial charge is 0.505 e. The zero-order chi connectivity index (χ0) is 12.3. The third-order valence-electron chi connectivity index (χ3n) is 1.60. The molecule has 0 amide bonds. The van der Waals surface area contributed by atoms with Crippen LogP contribution in [0.2, 0.25) is 10.0 Å². The lowest BCUT2D eigenvalue weighted by molar-refractivity contribution is 0.476. The van der Waals surface area contributed by atoms with Gasteiger partial charge in [0.2, 0.25) is 0 Å². The normalized spacial score (nSPS) is 11.4. The second kappa shape index (κ2) is 5.09. The molecule has 0 heterocycles. The second-order valence-corrected chi connectivity index (χ2v) is 5.21. The van der Waals surface area contributed by atoms with Crippen molar-refractivity contribution in [2.75, 3.05) is 11.3 Å². The minimum absolute atomic E-state index is 0.0262. The fourth-order valence-corrected chi connectivity index (χ4v) is 2.37. The summed E-state index contributed by atoms with van der Waals surface area (Å²) in [5.74, 6) is -0.283. The van der Waals surface area contributed by atoms with E-state index < -0.39 is 10.2 Å². The van der Waals surface area contributed by atoms with Crippen LogP contribution in [0.3, 0.4) is 0 Å². The van der Waals surface area contributed by atoms with Crippen LogP contribution in [0.25, 0.3) is 0 Å². The lowest BCUT2D eigenvalue weighted by atomic mass is 10.3. The maximum atomic E-state index is 11.3. The highest BCUT2D eigenvalue weighted by Crippen LogP contribution is 2.34. The molecule has 0 atom stereocenters. The first kappa shape index (κ1) is 13.4. The number of hydrogen-bond donors (Lipinski definition) is 3. The molecule has 0 spiro atoms. The summed E-state index contributed by atoms with van der Waals surface area (Å²) in [6.07, 6.45) is 0. The summed E-state index contributed by atoms with van der Waals surface area (Å²) in [5.41, 5.74) is 0.175. The average molecular weight is 285 g/mol. The number of anilines is 1. The summed E-state index contributed by atoms with van der Waals surface area (Å²) < 4.78 is 27.1. The molecule has 90 valence electrons. The van der Waals surface area contributed by atoms with Gasteiger partial charge in [-0.25, -0.2) is 0 Å². The monoisotopic (exact) mass is 284 g/mol. The van der Waals surface area contributed by atoms with E-state index in [0.29, 0.717) is 0 Å². The standard InChI is InChI=1S/C8H10Cl2N2O3S/c1-2-11-16(14,15)12-5-3-6(9)8(13)7(10)4-5/h3-4,11-13H,2H2,1H3. The molecule has 0 unspecified atom stereocenters. The molecule has 0 aliphatic rings. The van der Waals surface area contributed by atoms with E-state index in [2.05, 4.69) is 9.44 Å². The summed E-state index contributed by atoms with van der Waals surface area (Å²) in [4.78, 5) is 0. The summed E-state index contributed by atoms with van der Waals surface area (Å²) >= 11 is 11.3. The molecule has 16 heavy (non-hydrogen) atoms. The van der Waals surface area contributed by atoms with Gasteiger partial charge in [0.05, 0.1) is 15.7 Å². The topological polar surface area (TPSA) is 78.4 Å². The Kier molecular flexibility index (Phi) is 4.26. The molecular weight excluding hydrogens is 275 g/mol. The summed E-state index contributed by atoms with van der Waals surface area (Å²) in [6.45, 7) is 1.91. The molecular formula is C8H10Cl2N2O3S. The number of nitrogens with one attached hydrogen (secondary N) is 2. The van der Waals surface area contributed by atoms with Gasteiger partial charge in [0, 0.05) is 6.54 Å². The molecule has 3 N–H and O–H groups in total. The highest BCUT2D eigenvalue weighted by atomic mass is 35.5. The lowest BCUT2D eigenvalue weighted by Gasteiger charge is -2.09. The zero-order valence-electron chi connectivity index (χ0n) is 8.29. The number of aromatic hydroxyl groups is 1. The maximum absolute atomic E-state index is 11.3. The molecule has 0 saturated heterocycles. The van der Waals surface area contributed by atoms with Gasteiger partial charge in [-0.05, 0) is 12.1 Å². The Morgan fingerprint density at radius 3 is 2.25 bits per heavy atom.